The van der Waals surface area contributed by atoms with E-state index in [-0.39, 0.29) is 37.3 Å². The molecule has 31 heavy (non-hydrogen) atoms. The van der Waals surface area contributed by atoms with E-state index in [2.05, 4.69) is 20.6 Å². The molecule has 1 aliphatic carbocycles. The molecule has 0 unspecified atom stereocenters. The zero-order chi connectivity index (χ0) is 22.8. The molecule has 0 saturated heterocycles. The average Bonchev–Trinajstić information content (AvgIpc) is 3.11. The number of hydrogen-bond acceptors (Lipinski definition) is 6. The number of halogens is 3. The van der Waals surface area contributed by atoms with Crippen LogP contribution in [-0.2, 0) is 13.6 Å². The minimum Gasteiger partial charge on any atom is -0.396 e. The summed E-state index contributed by atoms with van der Waals surface area (Å²) < 4.78 is 40.6. The van der Waals surface area contributed by atoms with Crippen LogP contribution in [0.5, 0.6) is 0 Å². The Hall–Kier alpha value is -2.98. The number of amides is 1. The lowest BCUT2D eigenvalue weighted by molar-refractivity contribution is -0.182. The van der Waals surface area contributed by atoms with Crippen molar-refractivity contribution in [2.75, 3.05) is 30.0 Å². The van der Waals surface area contributed by atoms with Crippen molar-refractivity contribution in [1.29, 1.82) is 0 Å². The van der Waals surface area contributed by atoms with Gasteiger partial charge in [-0.05, 0) is 31.7 Å². The summed E-state index contributed by atoms with van der Waals surface area (Å²) >= 11 is 0. The SMILES string of the molecule is CNc1nc(N(C)Cc2nccn2C)c(C(=O)NC2CCC(C(F)(F)F)CC2)cc1N. The van der Waals surface area contributed by atoms with Gasteiger partial charge in [0, 0.05) is 39.6 Å². The highest BCUT2D eigenvalue weighted by Crippen LogP contribution is 2.37. The molecule has 11 heteroatoms. The first-order valence-corrected chi connectivity index (χ1v) is 10.1. The average molecular weight is 439 g/mol. The summed E-state index contributed by atoms with van der Waals surface area (Å²) in [6, 6.07) is 1.23. The Morgan fingerprint density at radius 1 is 1.32 bits per heavy atom. The molecule has 8 nitrogen and oxygen atoms in total. The fourth-order valence-corrected chi connectivity index (χ4v) is 3.84. The van der Waals surface area contributed by atoms with Gasteiger partial charge in [-0.15, -0.1) is 0 Å². The third kappa shape index (κ3) is 5.20. The van der Waals surface area contributed by atoms with E-state index >= 15 is 0 Å². The Bertz CT molecular complexity index is 920. The molecule has 2 aromatic rings. The molecule has 0 radical (unpaired) electrons. The van der Waals surface area contributed by atoms with Gasteiger partial charge in [-0.2, -0.15) is 13.2 Å². The highest BCUT2D eigenvalue weighted by molar-refractivity contribution is 6.00. The lowest BCUT2D eigenvalue weighted by Crippen LogP contribution is -2.40. The largest absolute Gasteiger partial charge is 0.396 e. The molecule has 1 amide bonds. The molecule has 0 aromatic carbocycles. The van der Waals surface area contributed by atoms with Crippen molar-refractivity contribution in [3.63, 3.8) is 0 Å². The lowest BCUT2D eigenvalue weighted by atomic mass is 9.85. The Kier molecular flexibility index (Phi) is 6.61. The summed E-state index contributed by atoms with van der Waals surface area (Å²) in [6.45, 7) is 0.403. The Labute approximate surface area is 179 Å². The van der Waals surface area contributed by atoms with Crippen molar-refractivity contribution >= 4 is 23.2 Å². The van der Waals surface area contributed by atoms with Gasteiger partial charge in [-0.3, -0.25) is 4.79 Å². The van der Waals surface area contributed by atoms with Gasteiger partial charge in [-0.25, -0.2) is 9.97 Å². The molecule has 4 N–H and O–H groups in total. The highest BCUT2D eigenvalue weighted by Gasteiger charge is 2.41. The summed E-state index contributed by atoms with van der Waals surface area (Å²) in [6.07, 6.45) is -0.0825. The van der Waals surface area contributed by atoms with Crippen LogP contribution in [0.2, 0.25) is 0 Å². The van der Waals surface area contributed by atoms with E-state index in [1.54, 1.807) is 31.3 Å². The number of nitrogens with one attached hydrogen (secondary N) is 2. The number of alkyl halides is 3. The number of nitrogens with two attached hydrogens (primary N) is 1. The molecule has 1 saturated carbocycles. The van der Waals surface area contributed by atoms with Gasteiger partial charge in [0.25, 0.3) is 5.91 Å². The number of anilines is 3. The predicted octanol–water partition coefficient (Wildman–Crippen LogP) is 2.93. The van der Waals surface area contributed by atoms with Crippen LogP contribution >= 0.6 is 0 Å². The fraction of sp³-hybridized carbons (Fsp3) is 0.550. The third-order valence-electron chi connectivity index (χ3n) is 5.70. The number of imidazole rings is 1. The summed E-state index contributed by atoms with van der Waals surface area (Å²) in [4.78, 5) is 23.6. The van der Waals surface area contributed by atoms with Crippen molar-refractivity contribution in [3.05, 3.63) is 29.8 Å². The topological polar surface area (TPSA) is 101 Å². The smallest absolute Gasteiger partial charge is 0.391 e. The molecule has 0 atom stereocenters. The molecular weight excluding hydrogens is 411 g/mol. The van der Waals surface area contributed by atoms with Gasteiger partial charge in [-0.1, -0.05) is 0 Å². The van der Waals surface area contributed by atoms with Crippen LogP contribution < -0.4 is 21.3 Å². The maximum atomic E-state index is 13.0. The van der Waals surface area contributed by atoms with Gasteiger partial charge in [0.05, 0.1) is 23.7 Å². The number of aryl methyl sites for hydroxylation is 1. The molecule has 1 aliphatic rings. The minimum atomic E-state index is -4.18. The molecule has 0 spiro atoms. The van der Waals surface area contributed by atoms with Gasteiger partial charge < -0.3 is 25.8 Å². The van der Waals surface area contributed by atoms with Crippen molar-refractivity contribution in [2.24, 2.45) is 13.0 Å². The summed E-state index contributed by atoms with van der Waals surface area (Å²) in [5.41, 5.74) is 6.61. The van der Waals surface area contributed by atoms with Gasteiger partial charge >= 0.3 is 6.18 Å². The van der Waals surface area contributed by atoms with Gasteiger partial charge in [0.1, 0.15) is 11.6 Å². The van der Waals surface area contributed by atoms with Crippen LogP contribution in [0.4, 0.5) is 30.5 Å². The summed E-state index contributed by atoms with van der Waals surface area (Å²) in [5.74, 6) is -0.0812. The standard InChI is InChI=1S/C20H28F3N7O/c1-25-17-15(24)10-14(18(28-17)30(3)11-16-26-8-9-29(16)2)19(31)27-13-6-4-12(5-7-13)20(21,22)23/h8-10,12-13H,4-7,11,24H2,1-3H3,(H,25,28)(H,27,31). The van der Waals surface area contributed by atoms with Crippen LogP contribution in [0, 0.1) is 5.92 Å². The van der Waals surface area contributed by atoms with Crippen molar-refractivity contribution in [2.45, 2.75) is 44.4 Å². The monoisotopic (exact) mass is 439 g/mol. The molecule has 3 rings (SSSR count). The third-order valence-corrected chi connectivity index (χ3v) is 5.70. The summed E-state index contributed by atoms with van der Waals surface area (Å²) in [5, 5.41) is 5.77. The van der Waals surface area contributed by atoms with Gasteiger partial charge in [0.15, 0.2) is 5.82 Å². The van der Waals surface area contributed by atoms with E-state index in [0.29, 0.717) is 23.9 Å². The second-order valence-corrected chi connectivity index (χ2v) is 7.92. The molecule has 170 valence electrons. The number of aromatic nitrogens is 3. The maximum Gasteiger partial charge on any atom is 0.391 e. The second kappa shape index (κ2) is 9.03. The fourth-order valence-electron chi connectivity index (χ4n) is 3.84. The molecule has 0 bridgehead atoms. The number of pyridine rings is 1. The number of nitrogens with zero attached hydrogens (tertiary/aromatic N) is 4. The van der Waals surface area contributed by atoms with Crippen LogP contribution in [0.3, 0.4) is 0 Å². The second-order valence-electron chi connectivity index (χ2n) is 7.92. The van der Waals surface area contributed by atoms with E-state index in [1.807, 2.05) is 17.8 Å². The van der Waals surface area contributed by atoms with E-state index in [1.165, 1.54) is 0 Å². The molecule has 2 heterocycles. The molecule has 2 aromatic heterocycles. The number of carbonyl (C=O) groups excluding carboxylic acids is 1. The van der Waals surface area contributed by atoms with Gasteiger partial charge in [0.2, 0.25) is 0 Å². The molecular formula is C20H28F3N7O. The zero-order valence-electron chi connectivity index (χ0n) is 17.8. The molecule has 1 fully saturated rings. The van der Waals surface area contributed by atoms with E-state index in [4.69, 9.17) is 5.73 Å². The zero-order valence-corrected chi connectivity index (χ0v) is 17.8. The lowest BCUT2D eigenvalue weighted by Gasteiger charge is -2.30. The Morgan fingerprint density at radius 3 is 2.55 bits per heavy atom. The number of rotatable bonds is 6. The van der Waals surface area contributed by atoms with Crippen LogP contribution in [0.25, 0.3) is 0 Å². The van der Waals surface area contributed by atoms with E-state index in [9.17, 15) is 18.0 Å². The molecule has 0 aliphatic heterocycles. The number of hydrogen-bond donors (Lipinski definition) is 3. The first kappa shape index (κ1) is 22.7. The first-order valence-electron chi connectivity index (χ1n) is 10.1. The first-order chi connectivity index (χ1) is 14.6. The van der Waals surface area contributed by atoms with Crippen LogP contribution in [-0.4, -0.2) is 46.8 Å². The quantitative estimate of drug-likeness (QED) is 0.640. The van der Waals surface area contributed by atoms with Crippen molar-refractivity contribution in [3.8, 4) is 0 Å². The number of carbonyl (C=O) groups is 1. The summed E-state index contributed by atoms with van der Waals surface area (Å²) in [7, 11) is 5.34. The Morgan fingerprint density at radius 2 is 2.00 bits per heavy atom. The van der Waals surface area contributed by atoms with Crippen molar-refractivity contribution < 1.29 is 18.0 Å². The van der Waals surface area contributed by atoms with Crippen molar-refractivity contribution in [1.82, 2.24) is 19.9 Å². The maximum absolute atomic E-state index is 13.0. The van der Waals surface area contributed by atoms with Crippen LogP contribution in [0.15, 0.2) is 18.5 Å². The van der Waals surface area contributed by atoms with E-state index in [0.717, 1.165) is 5.82 Å². The minimum absolute atomic E-state index is 0.0133. The van der Waals surface area contributed by atoms with Crippen LogP contribution in [0.1, 0.15) is 41.9 Å². The predicted molar refractivity (Wildman–Crippen MR) is 113 cm³/mol. The highest BCUT2D eigenvalue weighted by atomic mass is 19.4. The number of nitrogen functional groups attached to an aromatic ring is 1. The Balaban J connectivity index is 1.78. The van der Waals surface area contributed by atoms with E-state index < -0.39 is 18.0 Å². The normalized spacial score (nSPS) is 19.2.